The SMILES string of the molecule is O=C(Cc1ccc(C2CC2)cc1)NCCNc1ccc(C(F)(F)F)nn1. The average molecular weight is 364 g/mol. The Labute approximate surface area is 149 Å². The number of carbonyl (C=O) groups excluding carboxylic acids is 1. The Morgan fingerprint density at radius 3 is 2.35 bits per heavy atom. The van der Waals surface area contributed by atoms with Crippen molar-refractivity contribution in [2.24, 2.45) is 0 Å². The van der Waals surface area contributed by atoms with E-state index in [9.17, 15) is 18.0 Å². The monoisotopic (exact) mass is 364 g/mol. The first-order chi connectivity index (χ1) is 12.4. The highest BCUT2D eigenvalue weighted by Crippen LogP contribution is 2.39. The lowest BCUT2D eigenvalue weighted by Crippen LogP contribution is -2.30. The number of benzene rings is 1. The molecule has 1 aliphatic carbocycles. The topological polar surface area (TPSA) is 66.9 Å². The van der Waals surface area contributed by atoms with Crippen molar-refractivity contribution in [2.45, 2.75) is 31.4 Å². The van der Waals surface area contributed by atoms with Crippen LogP contribution in [0.2, 0.25) is 0 Å². The fourth-order valence-corrected chi connectivity index (χ4v) is 2.54. The van der Waals surface area contributed by atoms with E-state index in [0.29, 0.717) is 25.4 Å². The van der Waals surface area contributed by atoms with Crippen LogP contribution in [0.1, 0.15) is 35.6 Å². The number of halogens is 3. The van der Waals surface area contributed by atoms with Crippen LogP contribution in [0.15, 0.2) is 36.4 Å². The summed E-state index contributed by atoms with van der Waals surface area (Å²) in [5.74, 6) is 0.810. The van der Waals surface area contributed by atoms with Crippen LogP contribution in [0.3, 0.4) is 0 Å². The van der Waals surface area contributed by atoms with Crippen molar-refractivity contribution in [2.75, 3.05) is 18.4 Å². The van der Waals surface area contributed by atoms with Gasteiger partial charge in [0.1, 0.15) is 5.82 Å². The molecular weight excluding hydrogens is 345 g/mol. The minimum atomic E-state index is -4.50. The second-order valence-electron chi connectivity index (χ2n) is 6.27. The zero-order chi connectivity index (χ0) is 18.6. The summed E-state index contributed by atoms with van der Waals surface area (Å²) in [6.07, 6.45) is -1.71. The van der Waals surface area contributed by atoms with Gasteiger partial charge in [0.15, 0.2) is 5.69 Å². The standard InChI is InChI=1S/C18H19F3N4O/c19-18(20,21)15-7-8-16(25-24-15)22-9-10-23-17(26)11-12-1-3-13(4-2-12)14-5-6-14/h1-4,7-8,14H,5-6,9-11H2,(H,22,25)(H,23,26). The molecule has 2 N–H and O–H groups in total. The van der Waals surface area contributed by atoms with Gasteiger partial charge >= 0.3 is 6.18 Å². The lowest BCUT2D eigenvalue weighted by molar-refractivity contribution is -0.141. The molecule has 0 spiro atoms. The number of nitrogens with one attached hydrogen (secondary N) is 2. The summed E-state index contributed by atoms with van der Waals surface area (Å²) in [6, 6.07) is 10.2. The molecule has 5 nitrogen and oxygen atoms in total. The van der Waals surface area contributed by atoms with Crippen LogP contribution in [0.25, 0.3) is 0 Å². The van der Waals surface area contributed by atoms with Gasteiger partial charge in [-0.3, -0.25) is 4.79 Å². The number of alkyl halides is 3. The Morgan fingerprint density at radius 1 is 1.04 bits per heavy atom. The minimum absolute atomic E-state index is 0.107. The van der Waals surface area contributed by atoms with Gasteiger partial charge in [-0.1, -0.05) is 24.3 Å². The molecule has 1 aromatic carbocycles. The van der Waals surface area contributed by atoms with Gasteiger partial charge in [0, 0.05) is 13.1 Å². The van der Waals surface area contributed by atoms with Crippen molar-refractivity contribution in [3.63, 3.8) is 0 Å². The van der Waals surface area contributed by atoms with Crippen LogP contribution in [0.5, 0.6) is 0 Å². The van der Waals surface area contributed by atoms with Crippen LogP contribution in [0, 0.1) is 0 Å². The second kappa shape index (κ2) is 7.72. The highest BCUT2D eigenvalue weighted by molar-refractivity contribution is 5.78. The average Bonchev–Trinajstić information content (AvgIpc) is 3.44. The second-order valence-corrected chi connectivity index (χ2v) is 6.27. The van der Waals surface area contributed by atoms with Crippen molar-refractivity contribution in [3.8, 4) is 0 Å². The van der Waals surface area contributed by atoms with Crippen LogP contribution >= 0.6 is 0 Å². The van der Waals surface area contributed by atoms with E-state index in [1.54, 1.807) is 0 Å². The fraction of sp³-hybridized carbons (Fsp3) is 0.389. The summed E-state index contributed by atoms with van der Waals surface area (Å²) in [7, 11) is 0. The molecule has 1 aliphatic rings. The lowest BCUT2D eigenvalue weighted by atomic mass is 10.1. The molecule has 138 valence electrons. The van der Waals surface area contributed by atoms with Crippen molar-refractivity contribution in [3.05, 3.63) is 53.2 Å². The maximum absolute atomic E-state index is 12.4. The van der Waals surface area contributed by atoms with E-state index < -0.39 is 11.9 Å². The predicted molar refractivity (Wildman–Crippen MR) is 90.7 cm³/mol. The van der Waals surface area contributed by atoms with Crippen LogP contribution in [-0.4, -0.2) is 29.2 Å². The maximum Gasteiger partial charge on any atom is 0.435 e. The molecule has 0 aliphatic heterocycles. The van der Waals surface area contributed by atoms with Gasteiger partial charge < -0.3 is 10.6 Å². The molecular formula is C18H19F3N4O. The number of rotatable bonds is 7. The smallest absolute Gasteiger partial charge is 0.367 e. The number of nitrogens with zero attached hydrogens (tertiary/aromatic N) is 2. The number of amides is 1. The van der Waals surface area contributed by atoms with Crippen LogP contribution in [0.4, 0.5) is 19.0 Å². The van der Waals surface area contributed by atoms with Gasteiger partial charge in [-0.25, -0.2) is 0 Å². The maximum atomic E-state index is 12.4. The third kappa shape index (κ3) is 5.18. The van der Waals surface area contributed by atoms with Crippen molar-refractivity contribution in [1.82, 2.24) is 15.5 Å². The molecule has 1 amide bonds. The van der Waals surface area contributed by atoms with Crippen molar-refractivity contribution in [1.29, 1.82) is 0 Å². The van der Waals surface area contributed by atoms with E-state index in [-0.39, 0.29) is 11.7 Å². The molecule has 1 fully saturated rings. The number of carbonyl (C=O) groups is 1. The Balaban J connectivity index is 1.37. The highest BCUT2D eigenvalue weighted by atomic mass is 19.4. The summed E-state index contributed by atoms with van der Waals surface area (Å²) in [5.41, 5.74) is 1.24. The fourth-order valence-electron chi connectivity index (χ4n) is 2.54. The quantitative estimate of drug-likeness (QED) is 0.741. The van der Waals surface area contributed by atoms with E-state index >= 15 is 0 Å². The summed E-state index contributed by atoms with van der Waals surface area (Å²) < 4.78 is 37.2. The highest BCUT2D eigenvalue weighted by Gasteiger charge is 2.32. The molecule has 2 aromatic rings. The summed E-state index contributed by atoms with van der Waals surface area (Å²) in [5, 5.41) is 12.2. The molecule has 3 rings (SSSR count). The van der Waals surface area contributed by atoms with Gasteiger partial charge in [-0.2, -0.15) is 13.2 Å². The summed E-state index contributed by atoms with van der Waals surface area (Å²) in [6.45, 7) is 0.675. The molecule has 0 radical (unpaired) electrons. The number of hydrogen-bond donors (Lipinski definition) is 2. The number of hydrogen-bond acceptors (Lipinski definition) is 4. The third-order valence-electron chi connectivity index (χ3n) is 4.10. The first-order valence-electron chi connectivity index (χ1n) is 8.42. The van der Waals surface area contributed by atoms with Gasteiger partial charge in [0.2, 0.25) is 5.91 Å². The molecule has 1 saturated carbocycles. The van der Waals surface area contributed by atoms with Gasteiger partial charge in [-0.15, -0.1) is 10.2 Å². The summed E-state index contributed by atoms with van der Waals surface area (Å²) >= 11 is 0. The van der Waals surface area contributed by atoms with E-state index in [1.165, 1.54) is 24.5 Å². The number of aromatic nitrogens is 2. The Morgan fingerprint density at radius 2 is 1.77 bits per heavy atom. The Bertz CT molecular complexity index is 741. The number of anilines is 1. The Hall–Kier alpha value is -2.64. The molecule has 0 atom stereocenters. The molecule has 1 aromatic heterocycles. The van der Waals surface area contributed by atoms with Gasteiger partial charge in [0.25, 0.3) is 0 Å². The zero-order valence-electron chi connectivity index (χ0n) is 14.0. The Kier molecular flexibility index (Phi) is 5.39. The summed E-state index contributed by atoms with van der Waals surface area (Å²) in [4.78, 5) is 11.9. The van der Waals surface area contributed by atoms with E-state index in [4.69, 9.17) is 0 Å². The predicted octanol–water partition coefficient (Wildman–Crippen LogP) is 3.14. The molecule has 8 heteroatoms. The molecule has 0 unspecified atom stereocenters. The van der Waals surface area contributed by atoms with Crippen molar-refractivity contribution < 1.29 is 18.0 Å². The van der Waals surface area contributed by atoms with Gasteiger partial charge in [0.05, 0.1) is 6.42 Å². The molecule has 0 bridgehead atoms. The first-order valence-corrected chi connectivity index (χ1v) is 8.42. The third-order valence-corrected chi connectivity index (χ3v) is 4.10. The minimum Gasteiger partial charge on any atom is -0.367 e. The lowest BCUT2D eigenvalue weighted by Gasteiger charge is -2.09. The van der Waals surface area contributed by atoms with E-state index in [2.05, 4.69) is 33.0 Å². The molecule has 26 heavy (non-hydrogen) atoms. The van der Waals surface area contributed by atoms with Crippen LogP contribution in [-0.2, 0) is 17.4 Å². The van der Waals surface area contributed by atoms with Crippen molar-refractivity contribution >= 4 is 11.7 Å². The van der Waals surface area contributed by atoms with E-state index in [1.807, 2.05) is 12.1 Å². The zero-order valence-corrected chi connectivity index (χ0v) is 14.0. The van der Waals surface area contributed by atoms with Gasteiger partial charge in [-0.05, 0) is 42.0 Å². The first kappa shape index (κ1) is 18.2. The van der Waals surface area contributed by atoms with Crippen LogP contribution < -0.4 is 10.6 Å². The normalized spacial score (nSPS) is 14.1. The largest absolute Gasteiger partial charge is 0.435 e. The molecule has 1 heterocycles. The molecule has 0 saturated heterocycles. The van der Waals surface area contributed by atoms with E-state index in [0.717, 1.165) is 11.6 Å².